The Morgan fingerprint density at radius 1 is 1.32 bits per heavy atom. The summed E-state index contributed by atoms with van der Waals surface area (Å²) in [6.45, 7) is 4.36. The number of nitrogens with one attached hydrogen (secondary N) is 1. The van der Waals surface area contributed by atoms with E-state index in [1.807, 2.05) is 13.8 Å². The van der Waals surface area contributed by atoms with Crippen LogP contribution in [-0.4, -0.2) is 34.3 Å². The zero-order chi connectivity index (χ0) is 18.1. The van der Waals surface area contributed by atoms with E-state index in [4.69, 9.17) is 23.2 Å². The second kappa shape index (κ2) is 7.32. The zero-order valence-corrected chi connectivity index (χ0v) is 16.1. The highest BCUT2D eigenvalue weighted by Gasteiger charge is 2.35. The molecule has 2 heterocycles. The van der Waals surface area contributed by atoms with Gasteiger partial charge in [-0.2, -0.15) is 0 Å². The van der Waals surface area contributed by atoms with Gasteiger partial charge in [-0.3, -0.25) is 9.59 Å². The molecule has 1 N–H and O–H groups in total. The fourth-order valence-corrected chi connectivity index (χ4v) is 4.00. The molecule has 0 saturated carbocycles. The van der Waals surface area contributed by atoms with Gasteiger partial charge in [0.15, 0.2) is 5.13 Å². The molecular weight excluding hydrogens is 381 g/mol. The highest BCUT2D eigenvalue weighted by Crippen LogP contribution is 2.28. The summed E-state index contributed by atoms with van der Waals surface area (Å²) in [5.74, 6) is -0.505. The van der Waals surface area contributed by atoms with Gasteiger partial charge in [-0.1, -0.05) is 23.2 Å². The van der Waals surface area contributed by atoms with Crippen LogP contribution in [0.4, 0.5) is 5.13 Å². The summed E-state index contributed by atoms with van der Waals surface area (Å²) in [5, 5.41) is 4.14. The van der Waals surface area contributed by atoms with Crippen LogP contribution in [0.1, 0.15) is 33.8 Å². The second-order valence-electron chi connectivity index (χ2n) is 5.93. The van der Waals surface area contributed by atoms with Crippen molar-refractivity contribution in [1.82, 2.24) is 9.88 Å². The molecule has 2 aromatic rings. The van der Waals surface area contributed by atoms with E-state index < -0.39 is 6.04 Å². The standard InChI is InChI=1S/C17H17Cl2N3O2S/c1-9-10(2)25-17(20-9)21-15(23)14-4-3-7-22(14)16(24)12-8-11(18)5-6-13(12)19/h5-6,8,14H,3-4,7H2,1-2H3,(H,20,21,23)/t14-/m0/s1. The normalized spacial score (nSPS) is 17.0. The third kappa shape index (κ3) is 3.81. The number of aromatic nitrogens is 1. The first-order chi connectivity index (χ1) is 11.9. The quantitative estimate of drug-likeness (QED) is 0.838. The van der Waals surface area contributed by atoms with Gasteiger partial charge < -0.3 is 10.2 Å². The van der Waals surface area contributed by atoms with Crippen molar-refractivity contribution < 1.29 is 9.59 Å². The number of thiazole rings is 1. The van der Waals surface area contributed by atoms with Crippen LogP contribution in [-0.2, 0) is 4.79 Å². The Morgan fingerprint density at radius 2 is 2.08 bits per heavy atom. The Kier molecular flexibility index (Phi) is 5.32. The summed E-state index contributed by atoms with van der Waals surface area (Å²) in [6.07, 6.45) is 1.37. The molecule has 25 heavy (non-hydrogen) atoms. The molecule has 1 aliphatic heterocycles. The molecule has 0 bridgehead atoms. The molecule has 1 fully saturated rings. The highest BCUT2D eigenvalue weighted by molar-refractivity contribution is 7.15. The van der Waals surface area contributed by atoms with Crippen molar-refractivity contribution in [3.63, 3.8) is 0 Å². The van der Waals surface area contributed by atoms with Crippen molar-refractivity contribution in [3.05, 3.63) is 44.4 Å². The average molecular weight is 398 g/mol. The maximum Gasteiger partial charge on any atom is 0.256 e. The van der Waals surface area contributed by atoms with Crippen LogP contribution in [0, 0.1) is 13.8 Å². The van der Waals surface area contributed by atoms with Gasteiger partial charge in [0.25, 0.3) is 5.91 Å². The molecule has 8 heteroatoms. The van der Waals surface area contributed by atoms with Crippen molar-refractivity contribution >= 4 is 51.5 Å². The molecule has 1 aliphatic rings. The maximum absolute atomic E-state index is 12.8. The summed E-state index contributed by atoms with van der Waals surface area (Å²) >= 11 is 13.5. The lowest BCUT2D eigenvalue weighted by Crippen LogP contribution is -2.43. The molecule has 132 valence electrons. The lowest BCUT2D eigenvalue weighted by Gasteiger charge is -2.24. The molecule has 1 aromatic carbocycles. The Balaban J connectivity index is 1.78. The van der Waals surface area contributed by atoms with E-state index in [1.54, 1.807) is 17.0 Å². The predicted molar refractivity (Wildman–Crippen MR) is 101 cm³/mol. The number of benzene rings is 1. The number of hydrogen-bond donors (Lipinski definition) is 1. The summed E-state index contributed by atoms with van der Waals surface area (Å²) in [5.41, 5.74) is 1.21. The lowest BCUT2D eigenvalue weighted by molar-refractivity contribution is -0.119. The Bertz CT molecular complexity index is 818. The minimum absolute atomic E-state index is 0.224. The van der Waals surface area contributed by atoms with Gasteiger partial charge in [0.2, 0.25) is 5.91 Å². The van der Waals surface area contributed by atoms with Crippen LogP contribution in [0.5, 0.6) is 0 Å². The molecule has 1 aromatic heterocycles. The summed E-state index contributed by atoms with van der Waals surface area (Å²) < 4.78 is 0. The first-order valence-electron chi connectivity index (χ1n) is 7.87. The average Bonchev–Trinajstić information content (AvgIpc) is 3.16. The zero-order valence-electron chi connectivity index (χ0n) is 13.8. The largest absolute Gasteiger partial charge is 0.327 e. The fraction of sp³-hybridized carbons (Fsp3) is 0.353. The molecule has 3 rings (SSSR count). The number of rotatable bonds is 3. The number of amides is 2. The van der Waals surface area contributed by atoms with Crippen LogP contribution in [0.25, 0.3) is 0 Å². The van der Waals surface area contributed by atoms with E-state index in [2.05, 4.69) is 10.3 Å². The first kappa shape index (κ1) is 18.2. The fourth-order valence-electron chi connectivity index (χ4n) is 2.81. The van der Waals surface area contributed by atoms with E-state index in [0.717, 1.165) is 17.0 Å². The lowest BCUT2D eigenvalue weighted by atomic mass is 10.1. The molecular formula is C17H17Cl2N3O2S. The number of halogens is 2. The van der Waals surface area contributed by atoms with Crippen molar-refractivity contribution in [2.75, 3.05) is 11.9 Å². The third-order valence-electron chi connectivity index (χ3n) is 4.23. The monoisotopic (exact) mass is 397 g/mol. The number of hydrogen-bond acceptors (Lipinski definition) is 4. The molecule has 0 unspecified atom stereocenters. The SMILES string of the molecule is Cc1nc(NC(=O)[C@@H]2CCCN2C(=O)c2cc(Cl)ccc2Cl)sc1C. The van der Waals surface area contributed by atoms with Gasteiger partial charge in [-0.25, -0.2) is 4.98 Å². The van der Waals surface area contributed by atoms with E-state index in [9.17, 15) is 9.59 Å². The number of aryl methyl sites for hydroxylation is 2. The molecule has 1 atom stereocenters. The number of nitrogens with zero attached hydrogens (tertiary/aromatic N) is 2. The van der Waals surface area contributed by atoms with Crippen LogP contribution in [0.3, 0.4) is 0 Å². The number of anilines is 1. The molecule has 5 nitrogen and oxygen atoms in total. The highest BCUT2D eigenvalue weighted by atomic mass is 35.5. The van der Waals surface area contributed by atoms with Gasteiger partial charge in [0, 0.05) is 16.4 Å². The smallest absolute Gasteiger partial charge is 0.256 e. The molecule has 0 radical (unpaired) electrons. The van der Waals surface area contributed by atoms with Crippen molar-refractivity contribution in [3.8, 4) is 0 Å². The van der Waals surface area contributed by atoms with Crippen LogP contribution in [0.15, 0.2) is 18.2 Å². The molecule has 2 amide bonds. The third-order valence-corrected chi connectivity index (χ3v) is 5.79. The molecule has 0 aliphatic carbocycles. The predicted octanol–water partition coefficient (Wildman–Crippen LogP) is 4.31. The van der Waals surface area contributed by atoms with Gasteiger partial charge in [0.05, 0.1) is 16.3 Å². The summed E-state index contributed by atoms with van der Waals surface area (Å²) in [6, 6.07) is 4.21. The van der Waals surface area contributed by atoms with E-state index in [1.165, 1.54) is 17.4 Å². The minimum Gasteiger partial charge on any atom is -0.327 e. The van der Waals surface area contributed by atoms with Crippen LogP contribution < -0.4 is 5.32 Å². The Morgan fingerprint density at radius 3 is 2.76 bits per heavy atom. The number of carbonyl (C=O) groups is 2. The topological polar surface area (TPSA) is 62.3 Å². The van der Waals surface area contributed by atoms with Gasteiger partial charge in [0.1, 0.15) is 6.04 Å². The van der Waals surface area contributed by atoms with Gasteiger partial charge in [-0.05, 0) is 44.9 Å². The van der Waals surface area contributed by atoms with Gasteiger partial charge in [-0.15, -0.1) is 11.3 Å². The van der Waals surface area contributed by atoms with Crippen molar-refractivity contribution in [1.29, 1.82) is 0 Å². The number of likely N-dealkylation sites (tertiary alicyclic amines) is 1. The Labute approximate surface area is 160 Å². The van der Waals surface area contributed by atoms with E-state index in [0.29, 0.717) is 33.7 Å². The molecule has 0 spiro atoms. The van der Waals surface area contributed by atoms with E-state index in [-0.39, 0.29) is 11.8 Å². The maximum atomic E-state index is 12.8. The number of carbonyl (C=O) groups excluding carboxylic acids is 2. The van der Waals surface area contributed by atoms with Crippen molar-refractivity contribution in [2.45, 2.75) is 32.7 Å². The van der Waals surface area contributed by atoms with Crippen LogP contribution >= 0.6 is 34.5 Å². The summed E-state index contributed by atoms with van der Waals surface area (Å²) in [7, 11) is 0. The Hall–Kier alpha value is -1.63. The van der Waals surface area contributed by atoms with Crippen LogP contribution in [0.2, 0.25) is 10.0 Å². The molecule has 1 saturated heterocycles. The second-order valence-corrected chi connectivity index (χ2v) is 7.98. The summed E-state index contributed by atoms with van der Waals surface area (Å²) in [4.78, 5) is 32.4. The van der Waals surface area contributed by atoms with Crippen molar-refractivity contribution in [2.24, 2.45) is 0 Å². The van der Waals surface area contributed by atoms with E-state index >= 15 is 0 Å². The van der Waals surface area contributed by atoms with Gasteiger partial charge >= 0.3 is 0 Å². The minimum atomic E-state index is -0.535. The first-order valence-corrected chi connectivity index (χ1v) is 9.45.